The van der Waals surface area contributed by atoms with Crippen molar-refractivity contribution in [1.82, 2.24) is 5.32 Å². The molecule has 0 saturated heterocycles. The minimum absolute atomic E-state index is 0.270. The molecule has 3 heteroatoms. The summed E-state index contributed by atoms with van der Waals surface area (Å²) in [6.45, 7) is 7.56. The Labute approximate surface area is 128 Å². The van der Waals surface area contributed by atoms with Crippen LogP contribution in [0.2, 0.25) is 0 Å². The van der Waals surface area contributed by atoms with Crippen LogP contribution in [0.15, 0.2) is 39.5 Å². The van der Waals surface area contributed by atoms with E-state index in [0.717, 1.165) is 6.54 Å². The van der Waals surface area contributed by atoms with Crippen molar-refractivity contribution in [2.45, 2.75) is 32.7 Å². The number of rotatable bonds is 5. The van der Waals surface area contributed by atoms with E-state index in [2.05, 4.69) is 77.0 Å². The average molecular weight is 338 g/mol. The van der Waals surface area contributed by atoms with Gasteiger partial charge in [0.05, 0.1) is 6.04 Å². The van der Waals surface area contributed by atoms with Gasteiger partial charge in [0.15, 0.2) is 0 Å². The zero-order valence-corrected chi connectivity index (χ0v) is 14.0. The molecule has 2 aromatic rings. The minimum Gasteiger partial charge on any atom is -0.306 e. The monoisotopic (exact) mass is 337 g/mol. The first-order valence-electron chi connectivity index (χ1n) is 6.68. The van der Waals surface area contributed by atoms with E-state index in [0.29, 0.717) is 5.92 Å². The van der Waals surface area contributed by atoms with Gasteiger partial charge < -0.3 is 5.32 Å². The Morgan fingerprint density at radius 3 is 2.21 bits per heavy atom. The molecule has 19 heavy (non-hydrogen) atoms. The summed E-state index contributed by atoms with van der Waals surface area (Å²) in [4.78, 5) is 0. The molecule has 0 aliphatic carbocycles. The third-order valence-corrected chi connectivity index (χ3v) is 5.05. The minimum atomic E-state index is 0.270. The highest BCUT2D eigenvalue weighted by Gasteiger charge is 2.16. The van der Waals surface area contributed by atoms with Gasteiger partial charge in [-0.05, 0) is 50.5 Å². The van der Waals surface area contributed by atoms with Crippen LogP contribution in [0.3, 0.4) is 0 Å². The van der Waals surface area contributed by atoms with Crippen LogP contribution in [0.1, 0.15) is 49.4 Å². The van der Waals surface area contributed by atoms with Gasteiger partial charge in [-0.1, -0.05) is 45.0 Å². The van der Waals surface area contributed by atoms with E-state index in [4.69, 9.17) is 0 Å². The van der Waals surface area contributed by atoms with Gasteiger partial charge in [0.25, 0.3) is 0 Å². The summed E-state index contributed by atoms with van der Waals surface area (Å²) in [7, 11) is 0. The van der Waals surface area contributed by atoms with E-state index in [-0.39, 0.29) is 6.04 Å². The van der Waals surface area contributed by atoms with Gasteiger partial charge in [-0.3, -0.25) is 0 Å². The molecule has 1 N–H and O–H groups in total. The van der Waals surface area contributed by atoms with Crippen molar-refractivity contribution < 1.29 is 0 Å². The van der Waals surface area contributed by atoms with Crippen LogP contribution in [0, 0.1) is 0 Å². The second-order valence-electron chi connectivity index (χ2n) is 4.99. The number of thiophene rings is 1. The Bertz CT molecular complexity index is 516. The van der Waals surface area contributed by atoms with Crippen molar-refractivity contribution in [3.63, 3.8) is 0 Å². The van der Waals surface area contributed by atoms with Crippen LogP contribution in [0.25, 0.3) is 0 Å². The van der Waals surface area contributed by atoms with Gasteiger partial charge in [0, 0.05) is 9.85 Å². The summed E-state index contributed by atoms with van der Waals surface area (Å²) in [6, 6.07) is 9.24. The second-order valence-corrected chi connectivity index (χ2v) is 6.59. The quantitative estimate of drug-likeness (QED) is 0.777. The summed E-state index contributed by atoms with van der Waals surface area (Å²) in [5.41, 5.74) is 4.04. The fourth-order valence-electron chi connectivity index (χ4n) is 2.18. The topological polar surface area (TPSA) is 12.0 Å². The highest BCUT2D eigenvalue weighted by atomic mass is 79.9. The van der Waals surface area contributed by atoms with Gasteiger partial charge in [0.2, 0.25) is 0 Å². The number of hydrogen-bond donors (Lipinski definition) is 1. The van der Waals surface area contributed by atoms with Gasteiger partial charge in [0.1, 0.15) is 0 Å². The first kappa shape index (κ1) is 14.8. The Morgan fingerprint density at radius 2 is 1.74 bits per heavy atom. The van der Waals surface area contributed by atoms with Crippen LogP contribution < -0.4 is 5.32 Å². The molecule has 0 amide bonds. The molecule has 1 heterocycles. The summed E-state index contributed by atoms with van der Waals surface area (Å²) in [5.74, 6) is 0.583. The summed E-state index contributed by atoms with van der Waals surface area (Å²) in [6.07, 6.45) is 0. The van der Waals surface area contributed by atoms with Gasteiger partial charge in [-0.25, -0.2) is 0 Å². The van der Waals surface area contributed by atoms with Crippen molar-refractivity contribution in [2.75, 3.05) is 6.54 Å². The standard InChI is InChI=1S/C16H20BrNS/c1-4-18-16(14-9-19-10-15(14)17)13-7-5-12(6-8-13)11(2)3/h5-11,16,18H,4H2,1-3H3. The third kappa shape index (κ3) is 3.47. The molecule has 1 unspecified atom stereocenters. The molecule has 1 nitrogen and oxygen atoms in total. The smallest absolute Gasteiger partial charge is 0.0596 e. The first-order valence-corrected chi connectivity index (χ1v) is 8.41. The first-order chi connectivity index (χ1) is 9.13. The Kier molecular flexibility index (Phi) is 5.20. The van der Waals surface area contributed by atoms with Crippen LogP contribution in [0.5, 0.6) is 0 Å². The lowest BCUT2D eigenvalue weighted by Crippen LogP contribution is -2.21. The molecule has 0 bridgehead atoms. The molecule has 0 radical (unpaired) electrons. The van der Waals surface area contributed by atoms with Crippen molar-refractivity contribution in [3.8, 4) is 0 Å². The highest BCUT2D eigenvalue weighted by Crippen LogP contribution is 2.32. The van der Waals surface area contributed by atoms with E-state index in [1.54, 1.807) is 11.3 Å². The maximum atomic E-state index is 3.64. The molecule has 1 atom stereocenters. The lowest BCUT2D eigenvalue weighted by molar-refractivity contribution is 0.630. The molecule has 0 aliphatic heterocycles. The maximum Gasteiger partial charge on any atom is 0.0596 e. The summed E-state index contributed by atoms with van der Waals surface area (Å²) >= 11 is 5.38. The number of halogens is 1. The lowest BCUT2D eigenvalue weighted by atomic mass is 9.96. The predicted molar refractivity (Wildman–Crippen MR) is 88.1 cm³/mol. The highest BCUT2D eigenvalue weighted by molar-refractivity contribution is 9.10. The Morgan fingerprint density at radius 1 is 1.11 bits per heavy atom. The average Bonchev–Trinajstić information content (AvgIpc) is 2.82. The summed E-state index contributed by atoms with van der Waals surface area (Å²) < 4.78 is 1.19. The predicted octanol–water partition coefficient (Wildman–Crippen LogP) is 5.33. The van der Waals surface area contributed by atoms with Crippen LogP contribution in [0.4, 0.5) is 0 Å². The number of benzene rings is 1. The van der Waals surface area contributed by atoms with Gasteiger partial charge >= 0.3 is 0 Å². The van der Waals surface area contributed by atoms with Crippen molar-refractivity contribution in [1.29, 1.82) is 0 Å². The number of nitrogens with one attached hydrogen (secondary N) is 1. The lowest BCUT2D eigenvalue weighted by Gasteiger charge is -2.19. The molecule has 1 aromatic carbocycles. The molecule has 102 valence electrons. The van der Waals surface area contributed by atoms with Gasteiger partial charge in [-0.15, -0.1) is 0 Å². The van der Waals surface area contributed by atoms with Crippen molar-refractivity contribution in [2.24, 2.45) is 0 Å². The molecular weight excluding hydrogens is 318 g/mol. The molecule has 2 rings (SSSR count). The molecule has 0 fully saturated rings. The molecular formula is C16H20BrNS. The maximum absolute atomic E-state index is 3.64. The summed E-state index contributed by atoms with van der Waals surface area (Å²) in [5, 5.41) is 7.92. The zero-order chi connectivity index (χ0) is 13.8. The van der Waals surface area contributed by atoms with E-state index in [1.807, 2.05) is 0 Å². The third-order valence-electron chi connectivity index (χ3n) is 3.30. The normalized spacial score (nSPS) is 12.9. The fraction of sp³-hybridized carbons (Fsp3) is 0.375. The van der Waals surface area contributed by atoms with Crippen molar-refractivity contribution in [3.05, 3.63) is 56.2 Å². The molecule has 0 saturated carbocycles. The number of hydrogen-bond acceptors (Lipinski definition) is 2. The van der Waals surface area contributed by atoms with Crippen molar-refractivity contribution >= 4 is 27.3 Å². The van der Waals surface area contributed by atoms with E-state index in [9.17, 15) is 0 Å². The van der Waals surface area contributed by atoms with Crippen LogP contribution in [-0.4, -0.2) is 6.54 Å². The van der Waals surface area contributed by atoms with E-state index < -0.39 is 0 Å². The Balaban J connectivity index is 2.31. The van der Waals surface area contributed by atoms with Crippen LogP contribution >= 0.6 is 27.3 Å². The second kappa shape index (κ2) is 6.69. The fourth-order valence-corrected chi connectivity index (χ4v) is 3.73. The van der Waals surface area contributed by atoms with E-state index in [1.165, 1.54) is 21.2 Å². The SMILES string of the molecule is CCNC(c1ccc(C(C)C)cc1)c1cscc1Br. The van der Waals surface area contributed by atoms with E-state index >= 15 is 0 Å². The molecule has 0 spiro atoms. The Hall–Kier alpha value is -0.640. The van der Waals surface area contributed by atoms with Crippen LogP contribution in [-0.2, 0) is 0 Å². The largest absolute Gasteiger partial charge is 0.306 e. The molecule has 1 aromatic heterocycles. The zero-order valence-electron chi connectivity index (χ0n) is 11.6. The van der Waals surface area contributed by atoms with Gasteiger partial charge in [-0.2, -0.15) is 11.3 Å². The molecule has 0 aliphatic rings.